The van der Waals surface area contributed by atoms with Crippen LogP contribution in [0.25, 0.3) is 0 Å². The van der Waals surface area contributed by atoms with Gasteiger partial charge in [0.1, 0.15) is 5.82 Å². The van der Waals surface area contributed by atoms with Gasteiger partial charge in [-0.3, -0.25) is 4.79 Å². The number of amides is 2. The predicted molar refractivity (Wildman–Crippen MR) is 79.6 cm³/mol. The number of hydrogen-bond acceptors (Lipinski definition) is 2. The normalized spacial score (nSPS) is 21.6. The number of benzene rings is 1. The molecule has 114 valence electrons. The number of rotatable bonds is 3. The molecule has 1 aromatic rings. The van der Waals surface area contributed by atoms with Crippen LogP contribution in [0.5, 0.6) is 0 Å². The number of carbonyl (C=O) groups excluding carboxylic acids is 1. The second-order valence-electron chi connectivity index (χ2n) is 5.11. The van der Waals surface area contributed by atoms with E-state index in [2.05, 4.69) is 26.6 Å². The number of urea groups is 1. The Balaban J connectivity index is 1.85. The average molecular weight is 359 g/mol. The van der Waals surface area contributed by atoms with Crippen molar-refractivity contribution in [3.05, 3.63) is 28.5 Å². The first-order chi connectivity index (χ1) is 9.95. The van der Waals surface area contributed by atoms with Gasteiger partial charge in [-0.15, -0.1) is 0 Å². The van der Waals surface area contributed by atoms with Crippen LogP contribution >= 0.6 is 15.9 Å². The standard InChI is InChI=1S/C14H16BrFN2O3/c15-11-6-3-9(16)7-12(11)18-14(21)17-10-4-1-8(2-5-10)13(19)20/h3,6-8,10H,1-2,4-5H2,(H,19,20)(H2,17,18,21). The molecule has 3 N–H and O–H groups in total. The fourth-order valence-corrected chi connectivity index (χ4v) is 2.77. The molecule has 1 aliphatic rings. The van der Waals surface area contributed by atoms with E-state index in [1.165, 1.54) is 18.2 Å². The van der Waals surface area contributed by atoms with Crippen LogP contribution in [0.4, 0.5) is 14.9 Å². The smallest absolute Gasteiger partial charge is 0.319 e. The average Bonchev–Trinajstić information content (AvgIpc) is 2.43. The van der Waals surface area contributed by atoms with E-state index in [0.29, 0.717) is 35.8 Å². The van der Waals surface area contributed by atoms with Crippen molar-refractivity contribution in [2.45, 2.75) is 31.7 Å². The maximum Gasteiger partial charge on any atom is 0.319 e. The highest BCUT2D eigenvalue weighted by atomic mass is 79.9. The van der Waals surface area contributed by atoms with Crippen LogP contribution in [-0.2, 0) is 4.79 Å². The molecule has 1 saturated carbocycles. The maximum atomic E-state index is 13.1. The highest BCUT2D eigenvalue weighted by Gasteiger charge is 2.26. The molecule has 1 aliphatic carbocycles. The van der Waals surface area contributed by atoms with Gasteiger partial charge in [0.15, 0.2) is 0 Å². The highest BCUT2D eigenvalue weighted by Crippen LogP contribution is 2.25. The van der Waals surface area contributed by atoms with E-state index in [-0.39, 0.29) is 12.0 Å². The Morgan fingerprint density at radius 1 is 1.24 bits per heavy atom. The van der Waals surface area contributed by atoms with E-state index < -0.39 is 17.8 Å². The third kappa shape index (κ3) is 4.42. The zero-order valence-corrected chi connectivity index (χ0v) is 12.8. The molecule has 0 aromatic heterocycles. The Kier molecular flexibility index (Phi) is 5.17. The number of aliphatic carboxylic acids is 1. The summed E-state index contributed by atoms with van der Waals surface area (Å²) in [7, 11) is 0. The molecule has 1 fully saturated rings. The molecule has 21 heavy (non-hydrogen) atoms. The maximum absolute atomic E-state index is 13.1. The minimum absolute atomic E-state index is 0.0482. The number of carbonyl (C=O) groups is 2. The van der Waals surface area contributed by atoms with E-state index in [9.17, 15) is 14.0 Å². The molecule has 7 heteroatoms. The molecule has 0 atom stereocenters. The minimum atomic E-state index is -0.776. The van der Waals surface area contributed by atoms with Gasteiger partial charge < -0.3 is 15.7 Å². The lowest BCUT2D eigenvalue weighted by molar-refractivity contribution is -0.142. The molecule has 2 rings (SSSR count). The molecule has 0 spiro atoms. The number of anilines is 1. The van der Waals surface area contributed by atoms with E-state index in [1.54, 1.807) is 0 Å². The first-order valence-corrected chi connectivity index (χ1v) is 7.50. The van der Waals surface area contributed by atoms with Crippen LogP contribution in [0.2, 0.25) is 0 Å². The van der Waals surface area contributed by atoms with Gasteiger partial charge in [0.25, 0.3) is 0 Å². The number of hydrogen-bond donors (Lipinski definition) is 3. The summed E-state index contributed by atoms with van der Waals surface area (Å²) in [5, 5.41) is 14.3. The van der Waals surface area contributed by atoms with Crippen molar-refractivity contribution in [2.24, 2.45) is 5.92 Å². The van der Waals surface area contributed by atoms with Gasteiger partial charge in [-0.2, -0.15) is 0 Å². The second kappa shape index (κ2) is 6.89. The summed E-state index contributed by atoms with van der Waals surface area (Å²) in [6, 6.07) is 3.57. The van der Waals surface area contributed by atoms with Gasteiger partial charge in [-0.1, -0.05) is 0 Å². The third-order valence-electron chi connectivity index (χ3n) is 3.59. The van der Waals surface area contributed by atoms with Gasteiger partial charge in [0, 0.05) is 10.5 Å². The van der Waals surface area contributed by atoms with E-state index >= 15 is 0 Å². The fourth-order valence-electron chi connectivity index (χ4n) is 2.42. The molecular formula is C14H16BrFN2O3. The molecule has 0 bridgehead atoms. The first kappa shape index (κ1) is 15.8. The number of nitrogens with one attached hydrogen (secondary N) is 2. The molecule has 2 amide bonds. The van der Waals surface area contributed by atoms with E-state index in [4.69, 9.17) is 5.11 Å². The van der Waals surface area contributed by atoms with Gasteiger partial charge in [-0.05, 0) is 59.8 Å². The number of carboxylic acid groups (broad SMARTS) is 1. The van der Waals surface area contributed by atoms with Crippen molar-refractivity contribution in [3.63, 3.8) is 0 Å². The van der Waals surface area contributed by atoms with E-state index in [1.807, 2.05) is 0 Å². The van der Waals surface area contributed by atoms with Crippen LogP contribution in [0.15, 0.2) is 22.7 Å². The summed E-state index contributed by atoms with van der Waals surface area (Å²) in [5.74, 6) is -1.53. The molecule has 5 nitrogen and oxygen atoms in total. The molecule has 0 saturated heterocycles. The highest BCUT2D eigenvalue weighted by molar-refractivity contribution is 9.10. The molecule has 1 aromatic carbocycles. The third-order valence-corrected chi connectivity index (χ3v) is 4.28. The summed E-state index contributed by atoms with van der Waals surface area (Å²) in [4.78, 5) is 22.7. The van der Waals surface area contributed by atoms with Crippen molar-refractivity contribution in [2.75, 3.05) is 5.32 Å². The lowest BCUT2D eigenvalue weighted by Gasteiger charge is -2.26. The van der Waals surface area contributed by atoms with Crippen LogP contribution in [-0.4, -0.2) is 23.1 Å². The van der Waals surface area contributed by atoms with E-state index in [0.717, 1.165) is 0 Å². The van der Waals surface area contributed by atoms with Crippen LogP contribution in [0.1, 0.15) is 25.7 Å². The lowest BCUT2D eigenvalue weighted by Crippen LogP contribution is -2.41. The zero-order valence-electron chi connectivity index (χ0n) is 11.2. The number of halogens is 2. The van der Waals surface area contributed by atoms with Crippen molar-refractivity contribution >= 4 is 33.6 Å². The first-order valence-electron chi connectivity index (χ1n) is 6.71. The Hall–Kier alpha value is -1.63. The molecule has 0 aliphatic heterocycles. The van der Waals surface area contributed by atoms with Crippen molar-refractivity contribution in [1.82, 2.24) is 5.32 Å². The Morgan fingerprint density at radius 3 is 2.52 bits per heavy atom. The van der Waals surface area contributed by atoms with Crippen LogP contribution in [0.3, 0.4) is 0 Å². The van der Waals surface area contributed by atoms with Gasteiger partial charge >= 0.3 is 12.0 Å². The minimum Gasteiger partial charge on any atom is -0.481 e. The van der Waals surface area contributed by atoms with Crippen molar-refractivity contribution in [3.8, 4) is 0 Å². The number of carboxylic acids is 1. The second-order valence-corrected chi connectivity index (χ2v) is 5.96. The van der Waals surface area contributed by atoms with Gasteiger partial charge in [0.2, 0.25) is 0 Å². The monoisotopic (exact) mass is 358 g/mol. The largest absolute Gasteiger partial charge is 0.481 e. The Bertz CT molecular complexity index is 545. The summed E-state index contributed by atoms with van der Waals surface area (Å²) < 4.78 is 13.7. The Morgan fingerprint density at radius 2 is 1.90 bits per heavy atom. The quantitative estimate of drug-likeness (QED) is 0.775. The summed E-state index contributed by atoms with van der Waals surface area (Å²) in [5.41, 5.74) is 0.353. The van der Waals surface area contributed by atoms with Crippen LogP contribution in [0, 0.1) is 11.7 Å². The lowest BCUT2D eigenvalue weighted by atomic mass is 9.86. The molecule has 0 unspecified atom stereocenters. The molecular weight excluding hydrogens is 343 g/mol. The van der Waals surface area contributed by atoms with Gasteiger partial charge in [-0.25, -0.2) is 9.18 Å². The van der Waals surface area contributed by atoms with Crippen LogP contribution < -0.4 is 10.6 Å². The van der Waals surface area contributed by atoms with Gasteiger partial charge in [0.05, 0.1) is 11.6 Å². The van der Waals surface area contributed by atoms with Crippen molar-refractivity contribution in [1.29, 1.82) is 0 Å². The molecule has 0 heterocycles. The molecule has 0 radical (unpaired) electrons. The fraction of sp³-hybridized carbons (Fsp3) is 0.429. The van der Waals surface area contributed by atoms with Crippen molar-refractivity contribution < 1.29 is 19.1 Å². The SMILES string of the molecule is O=C(Nc1cc(F)ccc1Br)NC1CCC(C(=O)O)CC1. The summed E-state index contributed by atoms with van der Waals surface area (Å²) in [6.45, 7) is 0. The topological polar surface area (TPSA) is 78.4 Å². The zero-order chi connectivity index (χ0) is 15.4. The Labute approximate surface area is 130 Å². The summed E-state index contributed by atoms with van der Waals surface area (Å²) in [6.07, 6.45) is 2.39. The predicted octanol–water partition coefficient (Wildman–Crippen LogP) is 3.35. The summed E-state index contributed by atoms with van der Waals surface area (Å²) >= 11 is 3.23.